The molecule has 5 rings (SSSR count). The summed E-state index contributed by atoms with van der Waals surface area (Å²) in [7, 11) is 0. The highest BCUT2D eigenvalue weighted by Gasteiger charge is 2.33. The van der Waals surface area contributed by atoms with E-state index >= 15 is 0 Å². The van der Waals surface area contributed by atoms with Gasteiger partial charge in [-0.2, -0.15) is 0 Å². The normalized spacial score (nSPS) is 21.0. The molecule has 3 aromatic rings. The summed E-state index contributed by atoms with van der Waals surface area (Å²) < 4.78 is 1.74. The summed E-state index contributed by atoms with van der Waals surface area (Å²) >= 11 is 0. The van der Waals surface area contributed by atoms with Gasteiger partial charge in [0, 0.05) is 53.3 Å². The van der Waals surface area contributed by atoms with E-state index in [0.29, 0.717) is 30.5 Å². The van der Waals surface area contributed by atoms with Crippen LogP contribution in [0.25, 0.3) is 10.9 Å². The number of rotatable bonds is 5. The smallest absolute Gasteiger partial charge is 0.252 e. The summed E-state index contributed by atoms with van der Waals surface area (Å²) in [4.78, 5) is 67.5. The Morgan fingerprint density at radius 2 is 1.82 bits per heavy atom. The standard InChI is InChI=1S/C34H41N5O6/c1-20-10-11-25-15-24(20)7-6-14-35-29(41)18-39(16-21(2)36-34(45)31(22(3)40)37-33(25)44)30(42)19-38-17-27(32(43)23-12-13-23)26-8-4-5-9-28(26)38/h4-5,8-11,15,17,21-23,31,40H,6-7,12-14,16,18-19H2,1-3H3,(H,35,41)(H,36,45)(H,37,44)/t21-,22-,31+/m1/s1. The first kappa shape index (κ1) is 31.9. The molecule has 238 valence electrons. The average Bonchev–Trinajstić information content (AvgIpc) is 3.79. The maximum Gasteiger partial charge on any atom is 0.252 e. The first-order valence-corrected chi connectivity index (χ1v) is 15.6. The van der Waals surface area contributed by atoms with Gasteiger partial charge < -0.3 is 30.5 Å². The minimum Gasteiger partial charge on any atom is -0.391 e. The first-order valence-electron chi connectivity index (χ1n) is 15.6. The van der Waals surface area contributed by atoms with Gasteiger partial charge in [0.05, 0.1) is 12.6 Å². The van der Waals surface area contributed by atoms with Crippen LogP contribution in [-0.4, -0.2) is 81.8 Å². The zero-order chi connectivity index (χ0) is 32.2. The number of aliphatic hydroxyl groups excluding tert-OH is 1. The number of nitrogens with one attached hydrogen (secondary N) is 3. The molecule has 1 saturated carbocycles. The van der Waals surface area contributed by atoms with Crippen molar-refractivity contribution < 1.29 is 29.1 Å². The van der Waals surface area contributed by atoms with Crippen molar-refractivity contribution in [2.75, 3.05) is 19.6 Å². The average molecular weight is 616 g/mol. The van der Waals surface area contributed by atoms with Crippen molar-refractivity contribution in [2.45, 2.75) is 71.2 Å². The Balaban J connectivity index is 1.38. The molecule has 2 bridgehead atoms. The van der Waals surface area contributed by atoms with Crippen LogP contribution >= 0.6 is 0 Å². The van der Waals surface area contributed by atoms with Crippen LogP contribution in [0.1, 0.15) is 65.0 Å². The number of para-hydroxylation sites is 1. The molecular weight excluding hydrogens is 574 g/mol. The first-order chi connectivity index (χ1) is 21.5. The number of aryl methyl sites for hydroxylation is 2. The van der Waals surface area contributed by atoms with Crippen LogP contribution in [-0.2, 0) is 27.3 Å². The Kier molecular flexibility index (Phi) is 9.67. The Morgan fingerprint density at radius 3 is 2.56 bits per heavy atom. The van der Waals surface area contributed by atoms with E-state index in [1.165, 1.54) is 11.8 Å². The number of aromatic nitrogens is 1. The van der Waals surface area contributed by atoms with Crippen LogP contribution in [0.15, 0.2) is 48.7 Å². The monoisotopic (exact) mass is 615 g/mol. The molecule has 4 amide bonds. The van der Waals surface area contributed by atoms with Crippen LogP contribution in [0.4, 0.5) is 0 Å². The van der Waals surface area contributed by atoms with Gasteiger partial charge >= 0.3 is 0 Å². The number of hydrogen-bond donors (Lipinski definition) is 4. The molecule has 0 radical (unpaired) electrons. The number of aliphatic hydroxyl groups is 1. The Morgan fingerprint density at radius 1 is 1.07 bits per heavy atom. The lowest BCUT2D eigenvalue weighted by molar-refractivity contribution is -0.137. The van der Waals surface area contributed by atoms with Crippen LogP contribution in [0.2, 0.25) is 0 Å². The van der Waals surface area contributed by atoms with Crippen molar-refractivity contribution in [3.63, 3.8) is 0 Å². The highest BCUT2D eigenvalue weighted by molar-refractivity contribution is 6.10. The molecule has 45 heavy (non-hydrogen) atoms. The summed E-state index contributed by atoms with van der Waals surface area (Å²) in [6.45, 7) is 5.10. The van der Waals surface area contributed by atoms with Gasteiger partial charge in [-0.05, 0) is 75.8 Å². The second-order valence-corrected chi connectivity index (χ2v) is 12.3. The number of nitrogens with zero attached hydrogens (tertiary/aromatic N) is 2. The van der Waals surface area contributed by atoms with E-state index in [1.807, 2.05) is 37.3 Å². The van der Waals surface area contributed by atoms with Crippen LogP contribution < -0.4 is 16.0 Å². The molecule has 11 nitrogen and oxygen atoms in total. The molecule has 1 aromatic heterocycles. The van der Waals surface area contributed by atoms with Crippen molar-refractivity contribution in [3.05, 3.63) is 70.9 Å². The van der Waals surface area contributed by atoms with Gasteiger partial charge in [-0.1, -0.05) is 24.3 Å². The Labute approximate surface area is 262 Å². The quantitative estimate of drug-likeness (QED) is 0.323. The lowest BCUT2D eigenvalue weighted by Gasteiger charge is -2.28. The molecule has 2 heterocycles. The van der Waals surface area contributed by atoms with Crippen molar-refractivity contribution in [3.8, 4) is 0 Å². The molecule has 4 N–H and O–H groups in total. The van der Waals surface area contributed by atoms with Crippen molar-refractivity contribution in [1.82, 2.24) is 25.4 Å². The Bertz CT molecular complexity index is 1620. The molecule has 0 saturated heterocycles. The van der Waals surface area contributed by atoms with Crippen molar-refractivity contribution in [1.29, 1.82) is 0 Å². The fraction of sp³-hybridized carbons (Fsp3) is 0.441. The molecule has 0 spiro atoms. The van der Waals surface area contributed by atoms with Crippen LogP contribution in [0.3, 0.4) is 0 Å². The second kappa shape index (κ2) is 13.6. The van der Waals surface area contributed by atoms with Gasteiger partial charge in [0.25, 0.3) is 5.91 Å². The van der Waals surface area contributed by atoms with E-state index in [-0.39, 0.29) is 43.1 Å². The van der Waals surface area contributed by atoms with E-state index in [0.717, 1.165) is 34.9 Å². The zero-order valence-electron chi connectivity index (χ0n) is 26.0. The molecule has 1 fully saturated rings. The van der Waals surface area contributed by atoms with Crippen molar-refractivity contribution >= 4 is 40.3 Å². The largest absolute Gasteiger partial charge is 0.391 e. The predicted octanol–water partition coefficient (Wildman–Crippen LogP) is 2.12. The third-order valence-corrected chi connectivity index (χ3v) is 8.49. The van der Waals surface area contributed by atoms with Gasteiger partial charge in [0.1, 0.15) is 12.6 Å². The van der Waals surface area contributed by atoms with Crippen molar-refractivity contribution in [2.24, 2.45) is 5.92 Å². The maximum atomic E-state index is 13.8. The summed E-state index contributed by atoms with van der Waals surface area (Å²) in [5, 5.41) is 19.5. The van der Waals surface area contributed by atoms with E-state index in [2.05, 4.69) is 16.0 Å². The summed E-state index contributed by atoms with van der Waals surface area (Å²) in [6, 6.07) is 10.9. The third-order valence-electron chi connectivity index (χ3n) is 8.49. The van der Waals surface area contributed by atoms with Gasteiger partial charge in [-0.25, -0.2) is 0 Å². The molecule has 1 aliphatic heterocycles. The molecule has 2 aliphatic rings. The van der Waals surface area contributed by atoms with E-state index < -0.39 is 30.0 Å². The van der Waals surface area contributed by atoms with Crippen LogP contribution in [0, 0.1) is 12.8 Å². The molecule has 2 aromatic carbocycles. The summed E-state index contributed by atoms with van der Waals surface area (Å²) in [6.07, 6.45) is 3.50. The zero-order valence-corrected chi connectivity index (χ0v) is 26.0. The van der Waals surface area contributed by atoms with E-state index in [4.69, 9.17) is 0 Å². The molecule has 11 heteroatoms. The summed E-state index contributed by atoms with van der Waals surface area (Å²) in [5.74, 6) is -1.69. The SMILES string of the molecule is Cc1ccc2cc1CCCNC(=O)CN(C(=O)Cn1cc(C(=O)C3CC3)c3ccccc31)C[C@@H](C)NC(=O)[C@H]([C@@H](C)O)NC2=O. The summed E-state index contributed by atoms with van der Waals surface area (Å²) in [5.41, 5.74) is 3.64. The predicted molar refractivity (Wildman–Crippen MR) is 169 cm³/mol. The number of fused-ring (bicyclic) bond motifs is 3. The molecular formula is C34H41N5O6. The van der Waals surface area contributed by atoms with E-state index in [9.17, 15) is 29.1 Å². The number of hydrogen-bond acceptors (Lipinski definition) is 6. The minimum absolute atomic E-state index is 0.00546. The maximum absolute atomic E-state index is 13.8. The fourth-order valence-electron chi connectivity index (χ4n) is 5.80. The topological polar surface area (TPSA) is 150 Å². The van der Waals surface area contributed by atoms with Gasteiger partial charge in [-0.3, -0.25) is 24.0 Å². The number of carbonyl (C=O) groups is 5. The molecule has 1 aliphatic carbocycles. The number of amides is 4. The lowest BCUT2D eigenvalue weighted by Crippen LogP contribution is -2.56. The van der Waals surface area contributed by atoms with Gasteiger partial charge in [-0.15, -0.1) is 0 Å². The molecule has 0 unspecified atom stereocenters. The highest BCUT2D eigenvalue weighted by atomic mass is 16.3. The van der Waals surface area contributed by atoms with Gasteiger partial charge in [0.2, 0.25) is 17.7 Å². The number of carbonyl (C=O) groups excluding carboxylic acids is 5. The fourth-order valence-corrected chi connectivity index (χ4v) is 5.80. The molecule has 3 atom stereocenters. The van der Waals surface area contributed by atoms with Gasteiger partial charge in [0.15, 0.2) is 5.78 Å². The number of ketones is 1. The van der Waals surface area contributed by atoms with Crippen LogP contribution in [0.5, 0.6) is 0 Å². The third kappa shape index (κ3) is 7.59. The minimum atomic E-state index is -1.23. The number of benzene rings is 2. The number of Topliss-reactive ketones (excluding diaryl/α,β-unsaturated/α-hetero) is 1. The Hall–Kier alpha value is -4.51. The second-order valence-electron chi connectivity index (χ2n) is 12.3. The van der Waals surface area contributed by atoms with E-state index in [1.54, 1.807) is 29.8 Å². The highest BCUT2D eigenvalue weighted by Crippen LogP contribution is 2.35. The lowest BCUT2D eigenvalue weighted by atomic mass is 10.00.